The summed E-state index contributed by atoms with van der Waals surface area (Å²) in [5, 5.41) is 13.1. The van der Waals surface area contributed by atoms with Gasteiger partial charge in [-0.15, -0.1) is 0 Å². The number of aryl methyl sites for hydroxylation is 1. The molecule has 3 rings (SSSR count). The van der Waals surface area contributed by atoms with Crippen molar-refractivity contribution in [3.63, 3.8) is 0 Å². The molecule has 114 valence electrons. The Hall–Kier alpha value is -2.26. The highest BCUT2D eigenvalue weighted by molar-refractivity contribution is 5.73. The van der Waals surface area contributed by atoms with Gasteiger partial charge in [0.15, 0.2) is 0 Å². The van der Waals surface area contributed by atoms with E-state index in [1.165, 1.54) is 5.56 Å². The van der Waals surface area contributed by atoms with Gasteiger partial charge in [0.05, 0.1) is 0 Å². The van der Waals surface area contributed by atoms with E-state index in [1.54, 1.807) is 6.08 Å². The second-order valence-corrected chi connectivity index (χ2v) is 5.58. The molecule has 0 aliphatic carbocycles. The molecular formula is C19H21NO2. The van der Waals surface area contributed by atoms with Gasteiger partial charge in [-0.1, -0.05) is 30.3 Å². The second kappa shape index (κ2) is 6.67. The zero-order valence-corrected chi connectivity index (χ0v) is 12.8. The van der Waals surface area contributed by atoms with Crippen molar-refractivity contribution in [1.82, 2.24) is 0 Å². The fourth-order valence-corrected chi connectivity index (χ4v) is 2.69. The van der Waals surface area contributed by atoms with Gasteiger partial charge in [0.25, 0.3) is 0 Å². The largest absolute Gasteiger partial charge is 0.461 e. The number of anilines is 1. The summed E-state index contributed by atoms with van der Waals surface area (Å²) in [7, 11) is 0. The zero-order valence-electron chi connectivity index (χ0n) is 12.8. The summed E-state index contributed by atoms with van der Waals surface area (Å²) >= 11 is 0. The highest BCUT2D eigenvalue weighted by Crippen LogP contribution is 2.33. The van der Waals surface area contributed by atoms with Gasteiger partial charge in [-0.2, -0.15) is 0 Å². The fraction of sp³-hybridized carbons (Fsp3) is 0.263. The third kappa shape index (κ3) is 3.49. The van der Waals surface area contributed by atoms with Crippen molar-refractivity contribution >= 4 is 11.3 Å². The lowest BCUT2D eigenvalue weighted by atomic mass is 10.0. The number of nitrogens with one attached hydrogen (secondary N) is 1. The van der Waals surface area contributed by atoms with Crippen molar-refractivity contribution in [2.75, 3.05) is 11.9 Å². The molecule has 0 amide bonds. The molecule has 2 aromatic rings. The lowest BCUT2D eigenvalue weighted by Crippen LogP contribution is -2.17. The minimum absolute atomic E-state index is 0.737. The molecule has 2 aromatic carbocycles. The van der Waals surface area contributed by atoms with E-state index in [1.807, 2.05) is 25.1 Å². The van der Waals surface area contributed by atoms with E-state index in [4.69, 9.17) is 4.74 Å². The summed E-state index contributed by atoms with van der Waals surface area (Å²) in [5.41, 5.74) is 4.47. The Morgan fingerprint density at radius 3 is 2.77 bits per heavy atom. The first kappa shape index (κ1) is 14.7. The van der Waals surface area contributed by atoms with Crippen LogP contribution in [0.5, 0.6) is 5.75 Å². The van der Waals surface area contributed by atoms with Crippen molar-refractivity contribution in [3.05, 3.63) is 65.7 Å². The summed E-state index contributed by atoms with van der Waals surface area (Å²) in [6.07, 6.45) is 3.01. The topological polar surface area (TPSA) is 41.5 Å². The Morgan fingerprint density at radius 2 is 1.95 bits per heavy atom. The van der Waals surface area contributed by atoms with Crippen molar-refractivity contribution in [1.29, 1.82) is 0 Å². The molecule has 1 unspecified atom stereocenters. The molecular weight excluding hydrogens is 274 g/mol. The first-order valence-electron chi connectivity index (χ1n) is 7.68. The predicted octanol–water partition coefficient (Wildman–Crippen LogP) is 3.85. The van der Waals surface area contributed by atoms with Crippen LogP contribution in [0.2, 0.25) is 0 Å². The number of fused-ring (bicyclic) bond motifs is 1. The van der Waals surface area contributed by atoms with Crippen LogP contribution in [-0.4, -0.2) is 17.9 Å². The molecule has 1 heterocycles. The van der Waals surface area contributed by atoms with Gasteiger partial charge in [-0.05, 0) is 49.1 Å². The van der Waals surface area contributed by atoms with Crippen molar-refractivity contribution in [2.45, 2.75) is 26.1 Å². The molecule has 3 heteroatoms. The number of hydrogen-bond acceptors (Lipinski definition) is 3. The van der Waals surface area contributed by atoms with Gasteiger partial charge in [0.2, 0.25) is 6.29 Å². The van der Waals surface area contributed by atoms with Crippen molar-refractivity contribution in [2.24, 2.45) is 0 Å². The van der Waals surface area contributed by atoms with Crippen LogP contribution in [0, 0.1) is 0 Å². The van der Waals surface area contributed by atoms with Gasteiger partial charge < -0.3 is 15.2 Å². The summed E-state index contributed by atoms with van der Waals surface area (Å²) in [5.74, 6) is 0.737. The van der Waals surface area contributed by atoms with E-state index in [2.05, 4.69) is 35.6 Å². The Labute approximate surface area is 131 Å². The lowest BCUT2D eigenvalue weighted by Gasteiger charge is -2.21. The zero-order chi connectivity index (χ0) is 15.4. The summed E-state index contributed by atoms with van der Waals surface area (Å²) in [6.45, 7) is 2.89. The predicted molar refractivity (Wildman–Crippen MR) is 90.0 cm³/mol. The molecule has 0 radical (unpaired) electrons. The van der Waals surface area contributed by atoms with Gasteiger partial charge in [-0.3, -0.25) is 0 Å². The number of allylic oxidation sites excluding steroid dienone is 1. The van der Waals surface area contributed by atoms with E-state index >= 15 is 0 Å². The van der Waals surface area contributed by atoms with Crippen LogP contribution in [-0.2, 0) is 6.42 Å². The van der Waals surface area contributed by atoms with E-state index in [0.29, 0.717) is 0 Å². The number of benzene rings is 2. The molecule has 0 fully saturated rings. The lowest BCUT2D eigenvalue weighted by molar-refractivity contribution is 0.0225. The van der Waals surface area contributed by atoms with Crippen molar-refractivity contribution < 1.29 is 9.84 Å². The minimum Gasteiger partial charge on any atom is -0.461 e. The molecule has 0 saturated carbocycles. The van der Waals surface area contributed by atoms with Crippen LogP contribution in [0.1, 0.15) is 24.5 Å². The molecule has 1 aliphatic rings. The Bertz CT molecular complexity index is 664. The molecule has 0 spiro atoms. The Kier molecular flexibility index (Phi) is 4.45. The molecule has 3 nitrogen and oxygen atoms in total. The van der Waals surface area contributed by atoms with Crippen LogP contribution < -0.4 is 10.1 Å². The van der Waals surface area contributed by atoms with E-state index in [-0.39, 0.29) is 0 Å². The average molecular weight is 295 g/mol. The molecule has 0 bridgehead atoms. The van der Waals surface area contributed by atoms with Crippen LogP contribution in [0.4, 0.5) is 5.69 Å². The van der Waals surface area contributed by atoms with Crippen LogP contribution in [0.3, 0.4) is 0 Å². The highest BCUT2D eigenvalue weighted by atomic mass is 16.6. The Balaban J connectivity index is 1.56. The maximum absolute atomic E-state index is 9.64. The van der Waals surface area contributed by atoms with E-state index < -0.39 is 6.29 Å². The van der Waals surface area contributed by atoms with Gasteiger partial charge in [-0.25, -0.2) is 0 Å². The van der Waals surface area contributed by atoms with Crippen LogP contribution in [0.15, 0.2) is 54.6 Å². The van der Waals surface area contributed by atoms with Gasteiger partial charge in [0, 0.05) is 23.9 Å². The monoisotopic (exact) mass is 295 g/mol. The molecule has 22 heavy (non-hydrogen) atoms. The molecule has 2 N–H and O–H groups in total. The number of aliphatic hydroxyl groups excluding tert-OH is 1. The molecule has 1 atom stereocenters. The number of ether oxygens (including phenoxy) is 1. The SMILES string of the molecule is CC1=CC(O)Oc2cc(NCCCc3ccccc3)ccc21. The number of rotatable bonds is 5. The molecule has 0 aromatic heterocycles. The van der Waals surface area contributed by atoms with E-state index in [0.717, 1.165) is 42.0 Å². The van der Waals surface area contributed by atoms with Gasteiger partial charge in [0.1, 0.15) is 5.75 Å². The number of aliphatic hydroxyl groups is 1. The maximum atomic E-state index is 9.64. The van der Waals surface area contributed by atoms with E-state index in [9.17, 15) is 5.11 Å². The minimum atomic E-state index is -0.846. The smallest absolute Gasteiger partial charge is 0.217 e. The Morgan fingerprint density at radius 1 is 1.14 bits per heavy atom. The first-order chi connectivity index (χ1) is 10.7. The highest BCUT2D eigenvalue weighted by Gasteiger charge is 2.16. The maximum Gasteiger partial charge on any atom is 0.217 e. The third-order valence-electron chi connectivity index (χ3n) is 3.86. The van der Waals surface area contributed by atoms with Crippen LogP contribution >= 0.6 is 0 Å². The molecule has 1 aliphatic heterocycles. The summed E-state index contributed by atoms with van der Waals surface area (Å²) in [4.78, 5) is 0. The number of hydrogen-bond donors (Lipinski definition) is 2. The normalized spacial score (nSPS) is 16.5. The standard InChI is InChI=1S/C19H21NO2/c1-14-12-19(21)22-18-13-16(9-10-17(14)18)20-11-5-8-15-6-3-2-4-7-15/h2-4,6-7,9-10,12-13,19-21H,5,8,11H2,1H3. The summed E-state index contributed by atoms with van der Waals surface area (Å²) in [6, 6.07) is 16.5. The van der Waals surface area contributed by atoms with Crippen molar-refractivity contribution in [3.8, 4) is 5.75 Å². The third-order valence-corrected chi connectivity index (χ3v) is 3.86. The second-order valence-electron chi connectivity index (χ2n) is 5.58. The van der Waals surface area contributed by atoms with Gasteiger partial charge >= 0.3 is 0 Å². The quantitative estimate of drug-likeness (QED) is 0.823. The summed E-state index contributed by atoms with van der Waals surface area (Å²) < 4.78 is 5.46. The first-order valence-corrected chi connectivity index (χ1v) is 7.68. The van der Waals surface area contributed by atoms with Crippen LogP contribution in [0.25, 0.3) is 5.57 Å². The average Bonchev–Trinajstić information content (AvgIpc) is 2.52. The molecule has 0 saturated heterocycles. The fourth-order valence-electron chi connectivity index (χ4n) is 2.69.